The normalized spacial score (nSPS) is 12.1. The van der Waals surface area contributed by atoms with E-state index in [2.05, 4.69) is 27.0 Å². The summed E-state index contributed by atoms with van der Waals surface area (Å²) in [7, 11) is 0. The highest BCUT2D eigenvalue weighted by Crippen LogP contribution is 2.28. The van der Waals surface area contributed by atoms with E-state index < -0.39 is 0 Å². The molecule has 2 nitrogen and oxygen atoms in total. The van der Waals surface area contributed by atoms with Gasteiger partial charge in [0, 0.05) is 21.8 Å². The predicted molar refractivity (Wildman–Crippen MR) is 78.3 cm³/mol. The lowest BCUT2D eigenvalue weighted by molar-refractivity contribution is 0.628. The molecule has 0 radical (unpaired) electrons. The Hall–Kier alpha value is -1.25. The van der Waals surface area contributed by atoms with Crippen molar-refractivity contribution < 1.29 is 4.39 Å². The van der Waals surface area contributed by atoms with Crippen molar-refractivity contribution in [2.24, 2.45) is 5.92 Å². The Morgan fingerprint density at radius 3 is 3.00 bits per heavy atom. The van der Waals surface area contributed by atoms with Crippen molar-refractivity contribution in [2.75, 3.05) is 0 Å². The van der Waals surface area contributed by atoms with E-state index in [9.17, 15) is 4.39 Å². The van der Waals surface area contributed by atoms with Crippen LogP contribution in [-0.2, 0) is 6.42 Å². The van der Waals surface area contributed by atoms with Gasteiger partial charge in [0.05, 0.1) is 22.7 Å². The molecular weight excluding hydrogens is 327 g/mol. The summed E-state index contributed by atoms with van der Waals surface area (Å²) in [5.41, 5.74) is 1.12. The van der Waals surface area contributed by atoms with Crippen molar-refractivity contribution in [1.82, 2.24) is 4.98 Å². The van der Waals surface area contributed by atoms with Crippen molar-refractivity contribution in [1.29, 1.82) is 5.26 Å². The van der Waals surface area contributed by atoms with Gasteiger partial charge in [-0.15, -0.1) is 11.3 Å². The number of benzene rings is 1. The molecule has 1 unspecified atom stereocenters. The van der Waals surface area contributed by atoms with E-state index in [0.717, 1.165) is 15.9 Å². The fourth-order valence-corrected chi connectivity index (χ4v) is 2.95. The molecule has 0 spiro atoms. The van der Waals surface area contributed by atoms with Crippen LogP contribution in [-0.4, -0.2) is 4.98 Å². The zero-order valence-electron chi connectivity index (χ0n) is 10.4. The van der Waals surface area contributed by atoms with Crippen LogP contribution in [0.2, 0.25) is 0 Å². The van der Waals surface area contributed by atoms with Crippen LogP contribution in [0.3, 0.4) is 0 Å². The van der Waals surface area contributed by atoms with Crippen molar-refractivity contribution >= 4 is 27.3 Å². The molecule has 19 heavy (non-hydrogen) atoms. The van der Waals surface area contributed by atoms with E-state index in [1.54, 1.807) is 12.1 Å². The Morgan fingerprint density at radius 1 is 1.53 bits per heavy atom. The van der Waals surface area contributed by atoms with Crippen LogP contribution < -0.4 is 0 Å². The zero-order chi connectivity index (χ0) is 13.8. The van der Waals surface area contributed by atoms with Crippen molar-refractivity contribution in [3.8, 4) is 17.3 Å². The molecule has 1 aromatic heterocycles. The minimum absolute atomic E-state index is 0.0219. The van der Waals surface area contributed by atoms with Gasteiger partial charge >= 0.3 is 0 Å². The van der Waals surface area contributed by atoms with E-state index in [4.69, 9.17) is 5.26 Å². The molecule has 2 rings (SSSR count). The number of halogens is 2. The van der Waals surface area contributed by atoms with Crippen molar-refractivity contribution in [3.63, 3.8) is 0 Å². The molecule has 98 valence electrons. The van der Waals surface area contributed by atoms with Gasteiger partial charge in [0.1, 0.15) is 5.82 Å². The standard InChI is InChI=1S/C14H12BrFN2S/c1-2-9(7-17)5-14-18-13(8-19-14)11-6-10(15)3-4-12(11)16/h3-4,6,8-9H,2,5H2,1H3. The molecular formula is C14H12BrFN2S. The molecule has 0 saturated heterocycles. The van der Waals surface area contributed by atoms with Gasteiger partial charge in [-0.3, -0.25) is 0 Å². The van der Waals surface area contributed by atoms with E-state index in [1.807, 2.05) is 12.3 Å². The molecule has 0 fully saturated rings. The maximum Gasteiger partial charge on any atom is 0.132 e. The Balaban J connectivity index is 2.26. The first-order valence-corrected chi connectivity index (χ1v) is 7.60. The Kier molecular flexibility index (Phi) is 4.67. The number of nitriles is 1. The van der Waals surface area contributed by atoms with E-state index >= 15 is 0 Å². The van der Waals surface area contributed by atoms with Gasteiger partial charge in [-0.1, -0.05) is 22.9 Å². The highest BCUT2D eigenvalue weighted by atomic mass is 79.9. The van der Waals surface area contributed by atoms with Crippen molar-refractivity contribution in [3.05, 3.63) is 38.9 Å². The number of aromatic nitrogens is 1. The van der Waals surface area contributed by atoms with Crippen LogP contribution in [0.4, 0.5) is 4.39 Å². The van der Waals surface area contributed by atoms with E-state index in [-0.39, 0.29) is 11.7 Å². The third kappa shape index (κ3) is 3.40. The quantitative estimate of drug-likeness (QED) is 0.802. The van der Waals surface area contributed by atoms with E-state index in [0.29, 0.717) is 17.7 Å². The highest BCUT2D eigenvalue weighted by Gasteiger charge is 2.13. The Labute approximate surface area is 124 Å². The molecule has 0 bridgehead atoms. The number of thiazole rings is 1. The summed E-state index contributed by atoms with van der Waals surface area (Å²) in [5, 5.41) is 11.7. The molecule has 2 aromatic rings. The molecule has 1 heterocycles. The second-order valence-corrected chi connectivity index (χ2v) is 6.05. The second-order valence-electron chi connectivity index (χ2n) is 4.19. The zero-order valence-corrected chi connectivity index (χ0v) is 12.8. The first kappa shape index (κ1) is 14.2. The molecule has 0 saturated carbocycles. The second kappa shape index (κ2) is 6.27. The SMILES string of the molecule is CCC(C#N)Cc1nc(-c2cc(Br)ccc2F)cs1. The van der Waals surface area contributed by atoms with Gasteiger partial charge in [-0.05, 0) is 24.6 Å². The monoisotopic (exact) mass is 338 g/mol. The topological polar surface area (TPSA) is 36.7 Å². The van der Waals surface area contributed by atoms with Crippen LogP contribution in [0.15, 0.2) is 28.1 Å². The third-order valence-electron chi connectivity index (χ3n) is 2.85. The molecule has 1 atom stereocenters. The molecule has 0 aliphatic carbocycles. The Morgan fingerprint density at radius 2 is 2.32 bits per heavy atom. The lowest BCUT2D eigenvalue weighted by Gasteiger charge is -2.02. The first-order chi connectivity index (χ1) is 9.13. The van der Waals surface area contributed by atoms with Crippen LogP contribution >= 0.6 is 27.3 Å². The average Bonchev–Trinajstić information content (AvgIpc) is 2.87. The fraction of sp³-hybridized carbons (Fsp3) is 0.286. The lowest BCUT2D eigenvalue weighted by Crippen LogP contribution is -1.99. The summed E-state index contributed by atoms with van der Waals surface area (Å²) >= 11 is 4.80. The fourth-order valence-electron chi connectivity index (χ4n) is 1.71. The van der Waals surface area contributed by atoms with Crippen LogP contribution in [0.5, 0.6) is 0 Å². The minimum atomic E-state index is -0.285. The van der Waals surface area contributed by atoms with Gasteiger partial charge in [0.25, 0.3) is 0 Å². The number of hydrogen-bond acceptors (Lipinski definition) is 3. The summed E-state index contributed by atoms with van der Waals surface area (Å²) in [6.07, 6.45) is 1.43. The smallest absolute Gasteiger partial charge is 0.132 e. The third-order valence-corrected chi connectivity index (χ3v) is 4.22. The number of hydrogen-bond donors (Lipinski definition) is 0. The summed E-state index contributed by atoms with van der Waals surface area (Å²) < 4.78 is 14.6. The summed E-state index contributed by atoms with van der Waals surface area (Å²) in [6.45, 7) is 1.98. The molecule has 0 aliphatic heterocycles. The average molecular weight is 339 g/mol. The highest BCUT2D eigenvalue weighted by molar-refractivity contribution is 9.10. The number of rotatable bonds is 4. The van der Waals surface area contributed by atoms with Crippen LogP contribution in [0.1, 0.15) is 18.4 Å². The predicted octanol–water partition coefficient (Wildman–Crippen LogP) is 4.80. The maximum absolute atomic E-state index is 13.8. The Bertz CT molecular complexity index is 618. The summed E-state index contributed by atoms with van der Waals surface area (Å²) in [4.78, 5) is 4.42. The molecule has 0 amide bonds. The summed E-state index contributed by atoms with van der Waals surface area (Å²) in [5.74, 6) is -0.307. The van der Waals surface area contributed by atoms with Gasteiger partial charge in [-0.25, -0.2) is 9.37 Å². The molecule has 1 aromatic carbocycles. The van der Waals surface area contributed by atoms with Gasteiger partial charge in [0.15, 0.2) is 0 Å². The maximum atomic E-state index is 13.8. The van der Waals surface area contributed by atoms with Crippen molar-refractivity contribution in [2.45, 2.75) is 19.8 Å². The largest absolute Gasteiger partial charge is 0.241 e. The first-order valence-electron chi connectivity index (χ1n) is 5.93. The van der Waals surface area contributed by atoms with Gasteiger partial charge in [0.2, 0.25) is 0 Å². The number of nitrogens with zero attached hydrogens (tertiary/aromatic N) is 2. The lowest BCUT2D eigenvalue weighted by atomic mass is 10.1. The van der Waals surface area contributed by atoms with E-state index in [1.165, 1.54) is 17.4 Å². The minimum Gasteiger partial charge on any atom is -0.241 e. The van der Waals surface area contributed by atoms with Crippen LogP contribution in [0, 0.1) is 23.1 Å². The molecule has 5 heteroatoms. The summed E-state index contributed by atoms with van der Waals surface area (Å²) in [6, 6.07) is 7.05. The van der Waals surface area contributed by atoms with Crippen LogP contribution in [0.25, 0.3) is 11.3 Å². The molecule has 0 N–H and O–H groups in total. The van der Waals surface area contributed by atoms with Gasteiger partial charge in [-0.2, -0.15) is 5.26 Å². The van der Waals surface area contributed by atoms with Gasteiger partial charge < -0.3 is 0 Å². The molecule has 0 aliphatic rings.